The zero-order chi connectivity index (χ0) is 11.4. The topological polar surface area (TPSA) is 52.6 Å². The summed E-state index contributed by atoms with van der Waals surface area (Å²) in [4.78, 5) is 13.6. The lowest BCUT2D eigenvalue weighted by molar-refractivity contribution is -0.122. The second-order valence-corrected chi connectivity index (χ2v) is 4.78. The Balaban J connectivity index is 2.24. The second-order valence-electron chi connectivity index (χ2n) is 4.78. The van der Waals surface area contributed by atoms with Gasteiger partial charge in [-0.25, -0.2) is 0 Å². The third-order valence-corrected chi connectivity index (χ3v) is 3.00. The molecule has 0 radical (unpaired) electrons. The molecule has 1 aliphatic rings. The fourth-order valence-corrected chi connectivity index (χ4v) is 1.63. The number of likely N-dealkylation sites (tertiary alicyclic amines) is 1. The van der Waals surface area contributed by atoms with E-state index in [1.165, 1.54) is 0 Å². The predicted octanol–water partition coefficient (Wildman–Crippen LogP) is 0.214. The molecule has 1 unspecified atom stereocenters. The van der Waals surface area contributed by atoms with Gasteiger partial charge in [0.15, 0.2) is 0 Å². The molecule has 0 bridgehead atoms. The highest BCUT2D eigenvalue weighted by Gasteiger charge is 2.22. The first-order valence-electron chi connectivity index (χ1n) is 5.69. The van der Waals surface area contributed by atoms with E-state index in [4.69, 9.17) is 0 Å². The van der Waals surface area contributed by atoms with E-state index in [-0.39, 0.29) is 18.1 Å². The third-order valence-electron chi connectivity index (χ3n) is 3.00. The van der Waals surface area contributed by atoms with Crippen LogP contribution in [-0.4, -0.2) is 47.7 Å². The van der Waals surface area contributed by atoms with Gasteiger partial charge < -0.3 is 10.4 Å². The van der Waals surface area contributed by atoms with Crippen LogP contribution in [0.4, 0.5) is 0 Å². The molecular formula is C11H22N2O2. The summed E-state index contributed by atoms with van der Waals surface area (Å²) in [6, 6.07) is 0.213. The average Bonchev–Trinajstić information content (AvgIpc) is 2.50. The molecule has 0 spiro atoms. The number of β-amino-alcohol motifs (C(OH)–C–C–N with tert-alkyl or cyclic N) is 1. The number of amides is 1. The molecule has 4 heteroatoms. The molecule has 1 rings (SSSR count). The summed E-state index contributed by atoms with van der Waals surface area (Å²) >= 11 is 0. The van der Waals surface area contributed by atoms with Crippen molar-refractivity contribution in [1.82, 2.24) is 10.2 Å². The van der Waals surface area contributed by atoms with Crippen LogP contribution in [0.1, 0.15) is 27.2 Å². The fourth-order valence-electron chi connectivity index (χ4n) is 1.63. The molecule has 4 nitrogen and oxygen atoms in total. The Morgan fingerprint density at radius 3 is 2.67 bits per heavy atom. The fraction of sp³-hybridized carbons (Fsp3) is 0.909. The lowest BCUT2D eigenvalue weighted by Gasteiger charge is -2.20. The van der Waals surface area contributed by atoms with Gasteiger partial charge in [0, 0.05) is 19.1 Å². The lowest BCUT2D eigenvalue weighted by atomic mass is 10.1. The van der Waals surface area contributed by atoms with Crippen molar-refractivity contribution < 1.29 is 9.90 Å². The summed E-state index contributed by atoms with van der Waals surface area (Å²) in [5, 5.41) is 12.3. The number of nitrogens with one attached hydrogen (secondary N) is 1. The van der Waals surface area contributed by atoms with E-state index in [1.807, 2.05) is 11.8 Å². The molecule has 0 aromatic heterocycles. The van der Waals surface area contributed by atoms with E-state index in [2.05, 4.69) is 19.2 Å². The summed E-state index contributed by atoms with van der Waals surface area (Å²) in [6.45, 7) is 8.05. The summed E-state index contributed by atoms with van der Waals surface area (Å²) < 4.78 is 0. The average molecular weight is 214 g/mol. The first-order valence-corrected chi connectivity index (χ1v) is 5.69. The number of hydrogen-bond acceptors (Lipinski definition) is 3. The van der Waals surface area contributed by atoms with Crippen molar-refractivity contribution in [3.05, 3.63) is 0 Å². The normalized spacial score (nSPS) is 24.5. The van der Waals surface area contributed by atoms with Gasteiger partial charge >= 0.3 is 0 Å². The minimum atomic E-state index is -0.250. The molecule has 1 amide bonds. The minimum Gasteiger partial charge on any atom is -0.392 e. The smallest absolute Gasteiger partial charge is 0.234 e. The number of carbonyl (C=O) groups excluding carboxylic acids is 1. The number of carbonyl (C=O) groups is 1. The monoisotopic (exact) mass is 214 g/mol. The van der Waals surface area contributed by atoms with Gasteiger partial charge in [-0.1, -0.05) is 13.8 Å². The third kappa shape index (κ3) is 4.18. The quantitative estimate of drug-likeness (QED) is 0.703. The molecule has 0 aromatic carbocycles. The van der Waals surface area contributed by atoms with Crippen LogP contribution in [0.2, 0.25) is 0 Å². The maximum Gasteiger partial charge on any atom is 0.234 e. The Morgan fingerprint density at radius 1 is 1.53 bits per heavy atom. The van der Waals surface area contributed by atoms with Gasteiger partial charge in [0.2, 0.25) is 5.91 Å². The van der Waals surface area contributed by atoms with Crippen LogP contribution in [0.5, 0.6) is 0 Å². The number of rotatable bonds is 4. The van der Waals surface area contributed by atoms with Gasteiger partial charge in [-0.3, -0.25) is 9.69 Å². The molecule has 1 saturated heterocycles. The number of nitrogens with zero attached hydrogens (tertiary/aromatic N) is 1. The zero-order valence-electron chi connectivity index (χ0n) is 9.86. The largest absolute Gasteiger partial charge is 0.392 e. The van der Waals surface area contributed by atoms with Gasteiger partial charge in [-0.05, 0) is 19.3 Å². The van der Waals surface area contributed by atoms with E-state index >= 15 is 0 Å². The van der Waals surface area contributed by atoms with Crippen LogP contribution in [0.25, 0.3) is 0 Å². The molecule has 1 heterocycles. The van der Waals surface area contributed by atoms with Crippen molar-refractivity contribution in [2.24, 2.45) is 5.92 Å². The van der Waals surface area contributed by atoms with Crippen molar-refractivity contribution >= 4 is 5.91 Å². The molecule has 88 valence electrons. The van der Waals surface area contributed by atoms with Crippen molar-refractivity contribution in [3.63, 3.8) is 0 Å². The minimum absolute atomic E-state index is 0.0605. The molecule has 15 heavy (non-hydrogen) atoms. The van der Waals surface area contributed by atoms with Crippen molar-refractivity contribution in [2.45, 2.75) is 39.3 Å². The van der Waals surface area contributed by atoms with Gasteiger partial charge in [-0.2, -0.15) is 0 Å². The lowest BCUT2D eigenvalue weighted by Crippen LogP contribution is -2.42. The van der Waals surface area contributed by atoms with Gasteiger partial charge in [-0.15, -0.1) is 0 Å². The van der Waals surface area contributed by atoms with Crippen LogP contribution >= 0.6 is 0 Å². The van der Waals surface area contributed by atoms with Gasteiger partial charge in [0.05, 0.1) is 12.6 Å². The maximum absolute atomic E-state index is 11.6. The van der Waals surface area contributed by atoms with Crippen LogP contribution in [-0.2, 0) is 4.79 Å². The Morgan fingerprint density at radius 2 is 2.20 bits per heavy atom. The molecule has 0 saturated carbocycles. The molecule has 2 atom stereocenters. The van der Waals surface area contributed by atoms with E-state index in [0.717, 1.165) is 13.0 Å². The van der Waals surface area contributed by atoms with Crippen LogP contribution in [0.3, 0.4) is 0 Å². The first kappa shape index (κ1) is 12.5. The Bertz CT molecular complexity index is 219. The number of hydrogen-bond donors (Lipinski definition) is 2. The van der Waals surface area contributed by atoms with Crippen molar-refractivity contribution in [1.29, 1.82) is 0 Å². The second kappa shape index (κ2) is 5.47. The molecule has 0 aliphatic carbocycles. The van der Waals surface area contributed by atoms with Crippen molar-refractivity contribution in [3.8, 4) is 0 Å². The summed E-state index contributed by atoms with van der Waals surface area (Å²) in [5.41, 5.74) is 0. The van der Waals surface area contributed by atoms with E-state index in [9.17, 15) is 9.90 Å². The van der Waals surface area contributed by atoms with Gasteiger partial charge in [0.25, 0.3) is 0 Å². The van der Waals surface area contributed by atoms with E-state index in [1.54, 1.807) is 0 Å². The molecular weight excluding hydrogens is 192 g/mol. The summed E-state index contributed by atoms with van der Waals surface area (Å²) in [6.07, 6.45) is 0.535. The first-order chi connectivity index (χ1) is 6.99. The Labute approximate surface area is 91.6 Å². The predicted molar refractivity (Wildman–Crippen MR) is 59.5 cm³/mol. The van der Waals surface area contributed by atoms with Crippen LogP contribution in [0, 0.1) is 5.92 Å². The summed E-state index contributed by atoms with van der Waals surface area (Å²) in [7, 11) is 0. The van der Waals surface area contributed by atoms with Gasteiger partial charge in [0.1, 0.15) is 0 Å². The molecule has 0 aromatic rings. The molecule has 1 fully saturated rings. The van der Waals surface area contributed by atoms with E-state index in [0.29, 0.717) is 19.0 Å². The van der Waals surface area contributed by atoms with Crippen LogP contribution in [0.15, 0.2) is 0 Å². The number of aliphatic hydroxyl groups excluding tert-OH is 1. The molecule has 2 N–H and O–H groups in total. The standard InChI is InChI=1S/C11H22N2O2/c1-8(2)9(3)12-11(15)7-13-5-4-10(14)6-13/h8-10,14H,4-7H2,1-3H3,(H,12,15)/t9?,10-/m1/s1. The maximum atomic E-state index is 11.6. The zero-order valence-corrected chi connectivity index (χ0v) is 9.86. The van der Waals surface area contributed by atoms with Crippen LogP contribution < -0.4 is 5.32 Å². The Hall–Kier alpha value is -0.610. The van der Waals surface area contributed by atoms with E-state index < -0.39 is 0 Å². The Kier molecular flexibility index (Phi) is 4.54. The van der Waals surface area contributed by atoms with Crippen molar-refractivity contribution in [2.75, 3.05) is 19.6 Å². The highest BCUT2D eigenvalue weighted by Crippen LogP contribution is 2.08. The molecule has 1 aliphatic heterocycles. The highest BCUT2D eigenvalue weighted by atomic mass is 16.3. The highest BCUT2D eigenvalue weighted by molar-refractivity contribution is 5.78. The SMILES string of the molecule is CC(C)C(C)NC(=O)CN1CC[C@@H](O)C1. The summed E-state index contributed by atoms with van der Waals surface area (Å²) in [5.74, 6) is 0.517. The number of aliphatic hydroxyl groups is 1.